The van der Waals surface area contributed by atoms with Crippen LogP contribution in [0.4, 0.5) is 0 Å². The van der Waals surface area contributed by atoms with Gasteiger partial charge in [-0.05, 0) is 6.92 Å². The molecule has 0 fully saturated rings. The van der Waals surface area contributed by atoms with Gasteiger partial charge in [0.1, 0.15) is 0 Å². The molecule has 4 nitrogen and oxygen atoms in total. The van der Waals surface area contributed by atoms with Crippen LogP contribution in [0.3, 0.4) is 0 Å². The molecule has 0 aliphatic carbocycles. The zero-order valence-corrected chi connectivity index (χ0v) is 4.64. The number of aliphatic carboxylic acids is 1. The second-order valence-electron chi connectivity index (χ2n) is 0.492. The molecular weight excluding hydrogens is 147 g/mol. The smallest absolute Gasteiger partial charge is 0.870 e. The number of rotatable bonds is 0. The van der Waals surface area contributed by atoms with Crippen molar-refractivity contribution in [2.45, 2.75) is 6.92 Å². The van der Waals surface area contributed by atoms with Crippen molar-refractivity contribution in [1.29, 1.82) is 0 Å². The zero-order chi connectivity index (χ0) is 3.58. The Hall–Kier alpha value is -0.104. The number of carbonyl (C=O) groups excluding carboxylic acids is 1. The van der Waals surface area contributed by atoms with E-state index in [1.165, 1.54) is 0 Å². The van der Waals surface area contributed by atoms with Crippen molar-refractivity contribution in [3.63, 3.8) is 0 Å². The van der Waals surface area contributed by atoms with Crippen LogP contribution in [-0.4, -0.2) is 16.9 Å². The van der Waals surface area contributed by atoms with Gasteiger partial charge in [-0.1, -0.05) is 0 Å². The van der Waals surface area contributed by atoms with Crippen molar-refractivity contribution in [2.24, 2.45) is 0 Å². The van der Waals surface area contributed by atoms with E-state index in [-0.39, 0.29) is 27.7 Å². The summed E-state index contributed by atoms with van der Waals surface area (Å²) in [7, 11) is 0. The van der Waals surface area contributed by atoms with Crippen LogP contribution >= 0.6 is 0 Å². The molecule has 0 aromatic carbocycles. The molecule has 0 aromatic heterocycles. The fourth-order valence-corrected chi connectivity index (χ4v) is 0. The Balaban J connectivity index is -0.0000000150. The summed E-state index contributed by atoms with van der Waals surface area (Å²) in [5.41, 5.74) is 0. The summed E-state index contributed by atoms with van der Waals surface area (Å²) in [5, 5.41) is 8.89. The molecule has 3 N–H and O–H groups in total. The Bertz CT molecular complexity index is 32.7. The molecule has 0 aromatic rings. The van der Waals surface area contributed by atoms with Gasteiger partial charge in [0.2, 0.25) is 0 Å². The maximum atomic E-state index is 8.89. The molecule has 5 heteroatoms. The van der Waals surface area contributed by atoms with Gasteiger partial charge in [-0.3, -0.25) is 0 Å². The minimum atomic E-state index is -1.08. The Morgan fingerprint density at radius 2 is 1.57 bits per heavy atom. The number of hydrogen-bond acceptors (Lipinski definition) is 3. The van der Waals surface area contributed by atoms with E-state index in [2.05, 4.69) is 0 Å². The van der Waals surface area contributed by atoms with Crippen molar-refractivity contribution in [3.8, 4) is 0 Å². The molecule has 0 heterocycles. The first-order valence-electron chi connectivity index (χ1n) is 0.908. The zero-order valence-electron chi connectivity index (χ0n) is 3.60. The molecule has 0 atom stereocenters. The van der Waals surface area contributed by atoms with Gasteiger partial charge in [0.15, 0.2) is 0 Å². The van der Waals surface area contributed by atoms with Crippen LogP contribution in [0.1, 0.15) is 6.92 Å². The van der Waals surface area contributed by atoms with Crippen LogP contribution < -0.4 is 5.11 Å². The number of carbonyl (C=O) groups is 1. The predicted molar refractivity (Wildman–Crippen MR) is 16.2 cm³/mol. The standard InChI is InChI=1S/C2H4O2.Co.2H2O/c1-2(3)4;;;/h1H3,(H,3,4);;2*1H2/q;+2;;/p-2. The van der Waals surface area contributed by atoms with E-state index in [0.29, 0.717) is 0 Å². The summed E-state index contributed by atoms with van der Waals surface area (Å²) >= 11 is 0. The van der Waals surface area contributed by atoms with Crippen LogP contribution in [0.5, 0.6) is 0 Å². The van der Waals surface area contributed by atoms with Crippen LogP contribution in [0.2, 0.25) is 0 Å². The molecule has 0 aliphatic heterocycles. The fourth-order valence-electron chi connectivity index (χ4n) is 0. The summed E-state index contributed by atoms with van der Waals surface area (Å²) in [4.78, 5) is 8.89. The van der Waals surface area contributed by atoms with E-state index < -0.39 is 5.97 Å². The summed E-state index contributed by atoms with van der Waals surface area (Å²) in [6, 6.07) is 0. The maximum Gasteiger partial charge on any atom is 2.00 e. The van der Waals surface area contributed by atoms with Gasteiger partial charge in [0.25, 0.3) is 0 Å². The van der Waals surface area contributed by atoms with Crippen LogP contribution in [-0.2, 0) is 21.6 Å². The van der Waals surface area contributed by atoms with Crippen LogP contribution in [0.15, 0.2) is 0 Å². The van der Waals surface area contributed by atoms with E-state index in [4.69, 9.17) is 9.90 Å². The second kappa shape index (κ2) is 16.9. The van der Waals surface area contributed by atoms with E-state index in [1.54, 1.807) is 0 Å². The van der Waals surface area contributed by atoms with Crippen molar-refractivity contribution >= 4 is 5.97 Å². The Morgan fingerprint density at radius 3 is 1.57 bits per heavy atom. The third-order valence-electron chi connectivity index (χ3n) is 0. The molecule has 1 radical (unpaired) electrons. The topological polar surface area (TPSA) is 102 Å². The van der Waals surface area contributed by atoms with Crippen LogP contribution in [0, 0.1) is 0 Å². The largest absolute Gasteiger partial charge is 2.00 e. The minimum Gasteiger partial charge on any atom is -0.870 e. The molecule has 0 aliphatic rings. The van der Waals surface area contributed by atoms with Gasteiger partial charge in [-0.15, -0.1) is 0 Å². The molecular formula is C2H6CoO4. The van der Waals surface area contributed by atoms with Crippen molar-refractivity contribution in [1.82, 2.24) is 0 Å². The summed E-state index contributed by atoms with van der Waals surface area (Å²) in [5.74, 6) is -1.08. The first-order valence-corrected chi connectivity index (χ1v) is 0.908. The molecule has 7 heavy (non-hydrogen) atoms. The van der Waals surface area contributed by atoms with Crippen LogP contribution in [0.25, 0.3) is 0 Å². The first kappa shape index (κ1) is 28.6. The maximum absolute atomic E-state index is 8.89. The summed E-state index contributed by atoms with van der Waals surface area (Å²) in [6.45, 7) is 0.972. The normalized spacial score (nSPS) is 3.57. The monoisotopic (exact) mass is 153 g/mol. The molecule has 0 amide bonds. The number of hydrogen-bond donors (Lipinski definition) is 0. The van der Waals surface area contributed by atoms with Crippen molar-refractivity contribution in [2.75, 3.05) is 0 Å². The minimum absolute atomic E-state index is 0. The van der Waals surface area contributed by atoms with Gasteiger partial charge >= 0.3 is 16.8 Å². The van der Waals surface area contributed by atoms with E-state index >= 15 is 0 Å². The Labute approximate surface area is 51.3 Å². The SMILES string of the molecule is CC(=O)[O-].O.[Co+2].[OH-]. The second-order valence-corrected chi connectivity index (χ2v) is 0.492. The summed E-state index contributed by atoms with van der Waals surface area (Å²) < 4.78 is 0. The molecule has 0 bridgehead atoms. The summed E-state index contributed by atoms with van der Waals surface area (Å²) in [6.07, 6.45) is 0. The third-order valence-corrected chi connectivity index (χ3v) is 0. The van der Waals surface area contributed by atoms with Gasteiger partial charge in [0.05, 0.1) is 0 Å². The van der Waals surface area contributed by atoms with Gasteiger partial charge in [-0.25, -0.2) is 0 Å². The molecule has 0 spiro atoms. The predicted octanol–water partition coefficient (Wildman–Crippen LogP) is -2.25. The average Bonchev–Trinajstić information content (AvgIpc) is 0.811. The van der Waals surface area contributed by atoms with Gasteiger partial charge < -0.3 is 20.9 Å². The molecule has 0 unspecified atom stereocenters. The molecule has 0 rings (SSSR count). The first-order chi connectivity index (χ1) is 1.73. The van der Waals surface area contributed by atoms with Crippen molar-refractivity contribution in [3.05, 3.63) is 0 Å². The quantitative estimate of drug-likeness (QED) is 0.392. The van der Waals surface area contributed by atoms with Gasteiger partial charge in [-0.2, -0.15) is 0 Å². The molecule has 0 saturated heterocycles. The number of carboxylic acids is 1. The Morgan fingerprint density at radius 1 is 1.57 bits per heavy atom. The average molecular weight is 153 g/mol. The van der Waals surface area contributed by atoms with E-state index in [9.17, 15) is 0 Å². The Kier molecular flexibility index (Phi) is 68.8. The molecule has 47 valence electrons. The van der Waals surface area contributed by atoms with E-state index in [1.807, 2.05) is 0 Å². The van der Waals surface area contributed by atoms with Crippen molar-refractivity contribution < 1.29 is 37.6 Å². The van der Waals surface area contributed by atoms with E-state index in [0.717, 1.165) is 6.92 Å². The third kappa shape index (κ3) is 8360. The number of carboxylic acid groups (broad SMARTS) is 1. The van der Waals surface area contributed by atoms with Gasteiger partial charge in [0, 0.05) is 5.97 Å². The molecule has 0 saturated carbocycles. The fraction of sp³-hybridized carbons (Fsp3) is 0.500.